The molecule has 0 radical (unpaired) electrons. The van der Waals surface area contributed by atoms with E-state index in [1.807, 2.05) is 0 Å². The van der Waals surface area contributed by atoms with E-state index in [1.54, 1.807) is 0 Å². The minimum absolute atomic E-state index is 0.0941. The number of aliphatic hydroxyl groups excluding tert-OH is 1. The molecule has 2 N–H and O–H groups in total. The Hall–Kier alpha value is -1.49. The molecular weight excluding hydrogens is 276 g/mol. The standard InChI is InChI=1S/C16H21F2NO2/c17-14-6-4-11(8-15(14)18)5-7-16(21)19-9-12-2-1-3-13(12)10-20/h4,6,8,12-13,20H,1-3,5,7,9-10H2,(H,19,21). The molecule has 1 saturated carbocycles. The first-order valence-electron chi connectivity index (χ1n) is 7.41. The Balaban J connectivity index is 1.73. The van der Waals surface area contributed by atoms with Crippen molar-refractivity contribution in [3.63, 3.8) is 0 Å². The maximum absolute atomic E-state index is 13.0. The highest BCUT2D eigenvalue weighted by Gasteiger charge is 2.26. The predicted octanol–water partition coefficient (Wildman–Crippen LogP) is 2.42. The van der Waals surface area contributed by atoms with E-state index in [-0.39, 0.29) is 24.9 Å². The van der Waals surface area contributed by atoms with Crippen molar-refractivity contribution in [1.29, 1.82) is 0 Å². The van der Waals surface area contributed by atoms with Crippen LogP contribution in [-0.4, -0.2) is 24.2 Å². The summed E-state index contributed by atoms with van der Waals surface area (Å²) in [5, 5.41) is 12.1. The van der Waals surface area contributed by atoms with Gasteiger partial charge in [-0.1, -0.05) is 12.5 Å². The highest BCUT2D eigenvalue weighted by molar-refractivity contribution is 5.76. The number of benzene rings is 1. The molecule has 1 fully saturated rings. The molecule has 1 aliphatic carbocycles. The molecule has 1 aromatic rings. The Kier molecular flexibility index (Phi) is 5.67. The van der Waals surface area contributed by atoms with Crippen LogP contribution in [0.1, 0.15) is 31.2 Å². The SMILES string of the molecule is O=C(CCc1ccc(F)c(F)c1)NCC1CCCC1CO. The van der Waals surface area contributed by atoms with Crippen molar-refractivity contribution in [1.82, 2.24) is 5.32 Å². The van der Waals surface area contributed by atoms with Gasteiger partial charge in [-0.05, 0) is 48.8 Å². The zero-order valence-electron chi connectivity index (χ0n) is 11.9. The number of nitrogens with one attached hydrogen (secondary N) is 1. The number of rotatable bonds is 6. The normalized spacial score (nSPS) is 21.5. The van der Waals surface area contributed by atoms with Crippen molar-refractivity contribution >= 4 is 5.91 Å². The summed E-state index contributed by atoms with van der Waals surface area (Å²) < 4.78 is 25.8. The quantitative estimate of drug-likeness (QED) is 0.847. The van der Waals surface area contributed by atoms with Gasteiger partial charge in [-0.15, -0.1) is 0 Å². The summed E-state index contributed by atoms with van der Waals surface area (Å²) in [5.41, 5.74) is 0.609. The predicted molar refractivity (Wildman–Crippen MR) is 75.6 cm³/mol. The fraction of sp³-hybridized carbons (Fsp3) is 0.562. The second-order valence-corrected chi connectivity index (χ2v) is 5.69. The first-order valence-corrected chi connectivity index (χ1v) is 7.41. The van der Waals surface area contributed by atoms with Gasteiger partial charge in [0.2, 0.25) is 5.91 Å². The summed E-state index contributed by atoms with van der Waals surface area (Å²) in [6.07, 6.45) is 3.79. The van der Waals surface area contributed by atoms with Crippen molar-refractivity contribution in [2.45, 2.75) is 32.1 Å². The zero-order valence-corrected chi connectivity index (χ0v) is 11.9. The molecule has 5 heteroatoms. The summed E-state index contributed by atoms with van der Waals surface area (Å²) in [6.45, 7) is 0.761. The van der Waals surface area contributed by atoms with Gasteiger partial charge >= 0.3 is 0 Å². The maximum Gasteiger partial charge on any atom is 0.220 e. The lowest BCUT2D eigenvalue weighted by Gasteiger charge is -2.17. The molecule has 0 aliphatic heterocycles. The second kappa shape index (κ2) is 7.50. The van der Waals surface area contributed by atoms with Crippen LogP contribution in [-0.2, 0) is 11.2 Å². The fourth-order valence-corrected chi connectivity index (χ4v) is 2.91. The van der Waals surface area contributed by atoms with Crippen LogP contribution in [0, 0.1) is 23.5 Å². The molecular formula is C16H21F2NO2. The smallest absolute Gasteiger partial charge is 0.220 e. The fourth-order valence-electron chi connectivity index (χ4n) is 2.91. The second-order valence-electron chi connectivity index (χ2n) is 5.69. The van der Waals surface area contributed by atoms with E-state index in [0.717, 1.165) is 31.4 Å². The van der Waals surface area contributed by atoms with E-state index >= 15 is 0 Å². The molecule has 2 unspecified atom stereocenters. The number of aliphatic hydroxyl groups is 1. The summed E-state index contributed by atoms with van der Waals surface area (Å²) in [6, 6.07) is 3.69. The van der Waals surface area contributed by atoms with Crippen molar-refractivity contribution in [3.05, 3.63) is 35.4 Å². The monoisotopic (exact) mass is 297 g/mol. The summed E-state index contributed by atoms with van der Waals surface area (Å²) in [4.78, 5) is 11.8. The maximum atomic E-state index is 13.0. The topological polar surface area (TPSA) is 49.3 Å². The number of halogens is 2. The van der Waals surface area contributed by atoms with Crippen LogP contribution >= 0.6 is 0 Å². The molecule has 2 rings (SSSR count). The largest absolute Gasteiger partial charge is 0.396 e. The number of amides is 1. The number of carbonyl (C=O) groups excluding carboxylic acids is 1. The Morgan fingerprint density at radius 2 is 2.00 bits per heavy atom. The van der Waals surface area contributed by atoms with Crippen LogP contribution in [0.5, 0.6) is 0 Å². The summed E-state index contributed by atoms with van der Waals surface area (Å²) >= 11 is 0. The average molecular weight is 297 g/mol. The van der Waals surface area contributed by atoms with E-state index in [0.29, 0.717) is 24.4 Å². The molecule has 3 nitrogen and oxygen atoms in total. The minimum Gasteiger partial charge on any atom is -0.396 e. The van der Waals surface area contributed by atoms with Gasteiger partial charge in [0, 0.05) is 19.6 Å². The van der Waals surface area contributed by atoms with Crippen molar-refractivity contribution < 1.29 is 18.7 Å². The summed E-state index contributed by atoms with van der Waals surface area (Å²) in [5.74, 6) is -1.22. The van der Waals surface area contributed by atoms with Gasteiger partial charge in [0.05, 0.1) is 0 Å². The molecule has 0 bridgehead atoms. The Morgan fingerprint density at radius 3 is 2.71 bits per heavy atom. The third-order valence-electron chi connectivity index (χ3n) is 4.24. The van der Waals surface area contributed by atoms with Gasteiger partial charge in [-0.2, -0.15) is 0 Å². The number of hydrogen-bond donors (Lipinski definition) is 2. The highest BCUT2D eigenvalue weighted by Crippen LogP contribution is 2.30. The molecule has 2 atom stereocenters. The van der Waals surface area contributed by atoms with E-state index in [9.17, 15) is 18.7 Å². The molecule has 0 aromatic heterocycles. The van der Waals surface area contributed by atoms with Gasteiger partial charge in [0.1, 0.15) is 0 Å². The zero-order chi connectivity index (χ0) is 15.2. The lowest BCUT2D eigenvalue weighted by atomic mass is 9.97. The van der Waals surface area contributed by atoms with Crippen LogP contribution in [0.4, 0.5) is 8.78 Å². The molecule has 0 spiro atoms. The van der Waals surface area contributed by atoms with Crippen LogP contribution in [0.3, 0.4) is 0 Å². The van der Waals surface area contributed by atoms with Gasteiger partial charge in [0.25, 0.3) is 0 Å². The Morgan fingerprint density at radius 1 is 1.24 bits per heavy atom. The van der Waals surface area contributed by atoms with Crippen molar-refractivity contribution in [2.24, 2.45) is 11.8 Å². The first kappa shape index (κ1) is 15.9. The van der Waals surface area contributed by atoms with Gasteiger partial charge in [-0.3, -0.25) is 4.79 Å². The van der Waals surface area contributed by atoms with Crippen LogP contribution in [0.2, 0.25) is 0 Å². The first-order chi connectivity index (χ1) is 10.1. The molecule has 1 aliphatic rings. The average Bonchev–Trinajstić information content (AvgIpc) is 2.94. The molecule has 0 heterocycles. The number of hydrogen-bond acceptors (Lipinski definition) is 2. The number of carbonyl (C=O) groups is 1. The molecule has 21 heavy (non-hydrogen) atoms. The van der Waals surface area contributed by atoms with E-state index in [1.165, 1.54) is 6.07 Å². The lowest BCUT2D eigenvalue weighted by molar-refractivity contribution is -0.121. The van der Waals surface area contributed by atoms with E-state index in [2.05, 4.69) is 5.32 Å². The van der Waals surface area contributed by atoms with Crippen molar-refractivity contribution in [3.8, 4) is 0 Å². The number of aryl methyl sites for hydroxylation is 1. The Bertz CT molecular complexity index is 493. The molecule has 1 aromatic carbocycles. The van der Waals surface area contributed by atoms with Crippen LogP contribution in [0.15, 0.2) is 18.2 Å². The lowest BCUT2D eigenvalue weighted by Crippen LogP contribution is -2.31. The van der Waals surface area contributed by atoms with Crippen LogP contribution in [0.25, 0.3) is 0 Å². The van der Waals surface area contributed by atoms with Crippen molar-refractivity contribution in [2.75, 3.05) is 13.2 Å². The third kappa shape index (κ3) is 4.49. The van der Waals surface area contributed by atoms with Gasteiger partial charge in [0.15, 0.2) is 11.6 Å². The van der Waals surface area contributed by atoms with Gasteiger partial charge < -0.3 is 10.4 Å². The molecule has 1 amide bonds. The van der Waals surface area contributed by atoms with E-state index in [4.69, 9.17) is 0 Å². The van der Waals surface area contributed by atoms with Crippen LogP contribution < -0.4 is 5.32 Å². The highest BCUT2D eigenvalue weighted by atomic mass is 19.2. The molecule has 116 valence electrons. The van der Waals surface area contributed by atoms with Gasteiger partial charge in [-0.25, -0.2) is 8.78 Å². The van der Waals surface area contributed by atoms with E-state index < -0.39 is 11.6 Å². The minimum atomic E-state index is -0.885. The third-order valence-corrected chi connectivity index (χ3v) is 4.24. The molecule has 0 saturated heterocycles. The Labute approximate surface area is 123 Å². The summed E-state index contributed by atoms with van der Waals surface area (Å²) in [7, 11) is 0.